The van der Waals surface area contributed by atoms with Gasteiger partial charge in [0, 0.05) is 12.7 Å². The SMILES string of the molecule is CC(C)C(O)(CN)c1cnc(N)s1. The standard InChI is InChI=1S/C8H15N3OS/c1-5(2)8(12,4-9)6-3-11-7(10)13-6/h3,5,12H,4,9H2,1-2H3,(H2,10,11). The Labute approximate surface area is 81.6 Å². The summed E-state index contributed by atoms with van der Waals surface area (Å²) in [6.07, 6.45) is 1.59. The van der Waals surface area contributed by atoms with Crippen LogP contribution in [0.15, 0.2) is 6.20 Å². The zero-order valence-corrected chi connectivity index (χ0v) is 8.64. The third kappa shape index (κ3) is 1.82. The Morgan fingerprint density at radius 2 is 2.31 bits per heavy atom. The van der Waals surface area contributed by atoms with E-state index in [1.54, 1.807) is 6.20 Å². The maximum Gasteiger partial charge on any atom is 0.180 e. The van der Waals surface area contributed by atoms with Gasteiger partial charge in [0.2, 0.25) is 0 Å². The average Bonchev–Trinajstić information content (AvgIpc) is 2.50. The van der Waals surface area contributed by atoms with Crippen LogP contribution in [0.25, 0.3) is 0 Å². The highest BCUT2D eigenvalue weighted by Gasteiger charge is 2.33. The fourth-order valence-electron chi connectivity index (χ4n) is 1.11. The van der Waals surface area contributed by atoms with Gasteiger partial charge >= 0.3 is 0 Å². The highest BCUT2D eigenvalue weighted by molar-refractivity contribution is 7.15. The molecule has 0 bridgehead atoms. The Bertz CT molecular complexity index is 287. The summed E-state index contributed by atoms with van der Waals surface area (Å²) in [4.78, 5) is 4.63. The van der Waals surface area contributed by atoms with Crippen molar-refractivity contribution < 1.29 is 5.11 Å². The zero-order chi connectivity index (χ0) is 10.1. The first kappa shape index (κ1) is 10.4. The smallest absolute Gasteiger partial charge is 0.180 e. The summed E-state index contributed by atoms with van der Waals surface area (Å²) in [7, 11) is 0. The second-order valence-electron chi connectivity index (χ2n) is 3.35. The normalized spacial score (nSPS) is 16.1. The van der Waals surface area contributed by atoms with E-state index in [2.05, 4.69) is 4.98 Å². The van der Waals surface area contributed by atoms with Crippen molar-refractivity contribution in [2.75, 3.05) is 12.3 Å². The van der Waals surface area contributed by atoms with Crippen molar-refractivity contribution in [3.05, 3.63) is 11.1 Å². The molecular formula is C8H15N3OS. The second kappa shape index (κ2) is 3.61. The quantitative estimate of drug-likeness (QED) is 0.666. The Morgan fingerprint density at radius 3 is 2.62 bits per heavy atom. The van der Waals surface area contributed by atoms with Crippen LogP contribution in [-0.4, -0.2) is 16.6 Å². The number of anilines is 1. The number of nitrogens with zero attached hydrogens (tertiary/aromatic N) is 1. The van der Waals surface area contributed by atoms with Crippen molar-refractivity contribution in [2.45, 2.75) is 19.4 Å². The molecule has 0 saturated heterocycles. The first-order valence-corrected chi connectivity index (χ1v) is 4.96. The van der Waals surface area contributed by atoms with Gasteiger partial charge < -0.3 is 16.6 Å². The maximum absolute atomic E-state index is 10.2. The first-order chi connectivity index (χ1) is 6.00. The number of hydrogen-bond donors (Lipinski definition) is 3. The molecule has 0 aliphatic heterocycles. The van der Waals surface area contributed by atoms with Crippen LogP contribution in [0.2, 0.25) is 0 Å². The van der Waals surface area contributed by atoms with E-state index < -0.39 is 5.60 Å². The lowest BCUT2D eigenvalue weighted by Crippen LogP contribution is -2.39. The second-order valence-corrected chi connectivity index (χ2v) is 4.41. The van der Waals surface area contributed by atoms with E-state index in [1.807, 2.05) is 13.8 Å². The molecule has 5 heteroatoms. The summed E-state index contributed by atoms with van der Waals surface area (Å²) >= 11 is 1.28. The number of aliphatic hydroxyl groups is 1. The molecule has 1 aromatic heterocycles. The van der Waals surface area contributed by atoms with Gasteiger partial charge in [0.1, 0.15) is 5.60 Å². The minimum absolute atomic E-state index is 0.0531. The molecule has 0 aliphatic carbocycles. The van der Waals surface area contributed by atoms with E-state index in [4.69, 9.17) is 11.5 Å². The molecule has 0 amide bonds. The summed E-state index contributed by atoms with van der Waals surface area (Å²) in [5.74, 6) is 0.0531. The molecule has 4 nitrogen and oxygen atoms in total. The highest BCUT2D eigenvalue weighted by Crippen LogP contribution is 2.33. The molecular weight excluding hydrogens is 186 g/mol. The summed E-state index contributed by atoms with van der Waals surface area (Å²) in [5, 5.41) is 10.6. The van der Waals surface area contributed by atoms with Crippen LogP contribution in [0, 0.1) is 5.92 Å². The molecule has 74 valence electrons. The van der Waals surface area contributed by atoms with Crippen LogP contribution < -0.4 is 11.5 Å². The van der Waals surface area contributed by atoms with Crippen LogP contribution in [0.4, 0.5) is 5.13 Å². The zero-order valence-electron chi connectivity index (χ0n) is 7.82. The molecule has 0 aromatic carbocycles. The Morgan fingerprint density at radius 1 is 1.69 bits per heavy atom. The molecule has 1 rings (SSSR count). The predicted octanol–water partition coefficient (Wildman–Crippen LogP) is 0.528. The van der Waals surface area contributed by atoms with Crippen LogP contribution in [-0.2, 0) is 5.60 Å². The number of thiazole rings is 1. The summed E-state index contributed by atoms with van der Waals surface area (Å²) in [6, 6.07) is 0. The van der Waals surface area contributed by atoms with Crippen LogP contribution in [0.5, 0.6) is 0 Å². The first-order valence-electron chi connectivity index (χ1n) is 4.15. The van der Waals surface area contributed by atoms with Gasteiger partial charge in [-0.15, -0.1) is 0 Å². The molecule has 0 spiro atoms. The van der Waals surface area contributed by atoms with E-state index in [9.17, 15) is 5.11 Å². The van der Waals surface area contributed by atoms with Gasteiger partial charge in [-0.1, -0.05) is 25.2 Å². The van der Waals surface area contributed by atoms with Gasteiger partial charge in [-0.3, -0.25) is 0 Å². The van der Waals surface area contributed by atoms with Gasteiger partial charge in [-0.2, -0.15) is 0 Å². The number of rotatable bonds is 3. The van der Waals surface area contributed by atoms with Crippen molar-refractivity contribution in [3.8, 4) is 0 Å². The fourth-order valence-corrected chi connectivity index (χ4v) is 2.04. The molecule has 0 saturated carbocycles. The molecule has 0 aliphatic rings. The Hall–Kier alpha value is -0.650. The van der Waals surface area contributed by atoms with E-state index in [0.29, 0.717) is 5.13 Å². The summed E-state index contributed by atoms with van der Waals surface area (Å²) < 4.78 is 0. The molecule has 1 aromatic rings. The third-order valence-electron chi connectivity index (χ3n) is 2.22. The summed E-state index contributed by atoms with van der Waals surface area (Å²) in [6.45, 7) is 4.03. The predicted molar refractivity (Wildman–Crippen MR) is 54.3 cm³/mol. The fraction of sp³-hybridized carbons (Fsp3) is 0.625. The van der Waals surface area contributed by atoms with Gasteiger partial charge in [-0.25, -0.2) is 4.98 Å². The van der Waals surface area contributed by atoms with Crippen molar-refractivity contribution in [1.29, 1.82) is 0 Å². The van der Waals surface area contributed by atoms with E-state index in [1.165, 1.54) is 11.3 Å². The number of nitrogens with two attached hydrogens (primary N) is 2. The van der Waals surface area contributed by atoms with Crippen molar-refractivity contribution >= 4 is 16.5 Å². The minimum atomic E-state index is -0.991. The molecule has 1 unspecified atom stereocenters. The summed E-state index contributed by atoms with van der Waals surface area (Å²) in [5.41, 5.74) is 10.0. The molecule has 5 N–H and O–H groups in total. The lowest BCUT2D eigenvalue weighted by Gasteiger charge is -2.28. The van der Waals surface area contributed by atoms with Crippen molar-refractivity contribution in [1.82, 2.24) is 4.98 Å². The lowest BCUT2D eigenvalue weighted by atomic mass is 9.89. The van der Waals surface area contributed by atoms with E-state index >= 15 is 0 Å². The van der Waals surface area contributed by atoms with Gasteiger partial charge in [0.05, 0.1) is 4.88 Å². The molecule has 13 heavy (non-hydrogen) atoms. The molecule has 0 radical (unpaired) electrons. The monoisotopic (exact) mass is 201 g/mol. The number of nitrogen functional groups attached to an aromatic ring is 1. The van der Waals surface area contributed by atoms with Crippen LogP contribution >= 0.6 is 11.3 Å². The van der Waals surface area contributed by atoms with E-state index in [0.717, 1.165) is 4.88 Å². The largest absolute Gasteiger partial charge is 0.383 e. The number of aromatic nitrogens is 1. The van der Waals surface area contributed by atoms with Crippen LogP contribution in [0.1, 0.15) is 18.7 Å². The molecule has 1 heterocycles. The maximum atomic E-state index is 10.2. The number of hydrogen-bond acceptors (Lipinski definition) is 5. The Balaban J connectivity index is 3.02. The molecule has 0 fully saturated rings. The highest BCUT2D eigenvalue weighted by atomic mass is 32.1. The third-order valence-corrected chi connectivity index (χ3v) is 3.21. The minimum Gasteiger partial charge on any atom is -0.383 e. The van der Waals surface area contributed by atoms with Gasteiger partial charge in [0.15, 0.2) is 5.13 Å². The lowest BCUT2D eigenvalue weighted by molar-refractivity contribution is 0.00220. The van der Waals surface area contributed by atoms with Crippen LogP contribution in [0.3, 0.4) is 0 Å². The van der Waals surface area contributed by atoms with Gasteiger partial charge in [-0.05, 0) is 5.92 Å². The van der Waals surface area contributed by atoms with Crippen molar-refractivity contribution in [2.24, 2.45) is 11.7 Å². The average molecular weight is 201 g/mol. The van der Waals surface area contributed by atoms with Gasteiger partial charge in [0.25, 0.3) is 0 Å². The van der Waals surface area contributed by atoms with E-state index in [-0.39, 0.29) is 12.5 Å². The topological polar surface area (TPSA) is 85.2 Å². The Kier molecular flexibility index (Phi) is 2.90. The molecule has 1 atom stereocenters. The van der Waals surface area contributed by atoms with Crippen molar-refractivity contribution in [3.63, 3.8) is 0 Å².